The normalized spacial score (nSPS) is 12.0. The van der Waals surface area contributed by atoms with Crippen LogP contribution in [-0.4, -0.2) is 14.6 Å². The average molecular weight is 365 g/mol. The second-order valence-corrected chi connectivity index (χ2v) is 7.88. The molecule has 3 aromatic rings. The zero-order valence-electron chi connectivity index (χ0n) is 12.2. The number of rotatable bonds is 3. The highest BCUT2D eigenvalue weighted by Crippen LogP contribution is 2.25. The molecule has 110 valence electrons. The number of nitrogens with zero attached hydrogens (tertiary/aromatic N) is 3. The fourth-order valence-electron chi connectivity index (χ4n) is 2.04. The quantitative estimate of drug-likeness (QED) is 0.745. The number of anilines is 1. The predicted molar refractivity (Wildman–Crippen MR) is 91.0 cm³/mol. The standard InChI is InChI=1S/C15H17BrN4S/c1-15(2,3)13-7-12-14(17-4-5-20(12)19-13)18-8-11-6-10(16)9-21-11/h4-7,9H,8H2,1-3H3,(H,17,18). The fourth-order valence-corrected chi connectivity index (χ4v) is 3.43. The molecular weight excluding hydrogens is 348 g/mol. The maximum absolute atomic E-state index is 4.64. The van der Waals surface area contributed by atoms with E-state index in [1.165, 1.54) is 4.88 Å². The Morgan fingerprint density at radius 3 is 2.81 bits per heavy atom. The number of hydrogen-bond acceptors (Lipinski definition) is 4. The lowest BCUT2D eigenvalue weighted by molar-refractivity contribution is 0.562. The van der Waals surface area contributed by atoms with Crippen LogP contribution in [0.2, 0.25) is 0 Å². The molecule has 6 heteroatoms. The summed E-state index contributed by atoms with van der Waals surface area (Å²) >= 11 is 5.20. The van der Waals surface area contributed by atoms with Gasteiger partial charge in [-0.2, -0.15) is 5.10 Å². The molecule has 21 heavy (non-hydrogen) atoms. The minimum atomic E-state index is 0.0297. The number of thiophene rings is 1. The van der Waals surface area contributed by atoms with Crippen LogP contribution >= 0.6 is 27.3 Å². The van der Waals surface area contributed by atoms with E-state index in [9.17, 15) is 0 Å². The van der Waals surface area contributed by atoms with E-state index >= 15 is 0 Å². The fraction of sp³-hybridized carbons (Fsp3) is 0.333. The summed E-state index contributed by atoms with van der Waals surface area (Å²) in [5.41, 5.74) is 2.11. The third-order valence-electron chi connectivity index (χ3n) is 3.21. The molecule has 0 atom stereocenters. The van der Waals surface area contributed by atoms with Crippen molar-refractivity contribution in [1.82, 2.24) is 14.6 Å². The van der Waals surface area contributed by atoms with Crippen LogP contribution in [0.5, 0.6) is 0 Å². The molecule has 0 bridgehead atoms. The molecule has 0 saturated carbocycles. The first-order valence-electron chi connectivity index (χ1n) is 6.75. The minimum Gasteiger partial charge on any atom is -0.363 e. The van der Waals surface area contributed by atoms with Crippen molar-refractivity contribution in [3.8, 4) is 0 Å². The summed E-state index contributed by atoms with van der Waals surface area (Å²) in [4.78, 5) is 5.71. The maximum Gasteiger partial charge on any atom is 0.152 e. The summed E-state index contributed by atoms with van der Waals surface area (Å²) in [6.45, 7) is 7.26. The van der Waals surface area contributed by atoms with Crippen LogP contribution in [-0.2, 0) is 12.0 Å². The zero-order valence-corrected chi connectivity index (χ0v) is 14.6. The molecule has 3 rings (SSSR count). The lowest BCUT2D eigenvalue weighted by Crippen LogP contribution is -2.11. The maximum atomic E-state index is 4.64. The van der Waals surface area contributed by atoms with E-state index in [-0.39, 0.29) is 5.41 Å². The Morgan fingerprint density at radius 1 is 1.33 bits per heavy atom. The number of hydrogen-bond donors (Lipinski definition) is 1. The highest BCUT2D eigenvalue weighted by Gasteiger charge is 2.19. The van der Waals surface area contributed by atoms with Gasteiger partial charge in [0.1, 0.15) is 5.52 Å². The molecule has 0 unspecified atom stereocenters. The summed E-state index contributed by atoms with van der Waals surface area (Å²) in [7, 11) is 0. The number of nitrogens with one attached hydrogen (secondary N) is 1. The van der Waals surface area contributed by atoms with Crippen molar-refractivity contribution in [3.63, 3.8) is 0 Å². The topological polar surface area (TPSA) is 42.2 Å². The number of halogens is 1. The zero-order chi connectivity index (χ0) is 15.0. The van der Waals surface area contributed by atoms with Crippen LogP contribution in [0, 0.1) is 0 Å². The van der Waals surface area contributed by atoms with Gasteiger partial charge in [-0.05, 0) is 28.1 Å². The van der Waals surface area contributed by atoms with Crippen molar-refractivity contribution in [1.29, 1.82) is 0 Å². The monoisotopic (exact) mass is 364 g/mol. The second kappa shape index (κ2) is 5.42. The Kier molecular flexibility index (Phi) is 3.75. The lowest BCUT2D eigenvalue weighted by atomic mass is 9.92. The van der Waals surface area contributed by atoms with Gasteiger partial charge >= 0.3 is 0 Å². The van der Waals surface area contributed by atoms with Crippen LogP contribution in [0.3, 0.4) is 0 Å². The van der Waals surface area contributed by atoms with Gasteiger partial charge in [-0.15, -0.1) is 11.3 Å². The van der Waals surface area contributed by atoms with E-state index in [0.717, 1.165) is 28.0 Å². The second-order valence-electron chi connectivity index (χ2n) is 5.97. The van der Waals surface area contributed by atoms with Crippen molar-refractivity contribution < 1.29 is 0 Å². The lowest BCUT2D eigenvalue weighted by Gasteiger charge is -2.13. The van der Waals surface area contributed by atoms with Gasteiger partial charge < -0.3 is 5.32 Å². The van der Waals surface area contributed by atoms with Crippen molar-refractivity contribution in [2.24, 2.45) is 0 Å². The van der Waals surface area contributed by atoms with Gasteiger partial charge in [0.2, 0.25) is 0 Å². The molecule has 0 aliphatic carbocycles. The van der Waals surface area contributed by atoms with Crippen LogP contribution in [0.25, 0.3) is 5.52 Å². The summed E-state index contributed by atoms with van der Waals surface area (Å²) in [5, 5.41) is 10.1. The first kappa shape index (κ1) is 14.5. The highest BCUT2D eigenvalue weighted by atomic mass is 79.9. The van der Waals surface area contributed by atoms with E-state index in [1.54, 1.807) is 17.5 Å². The van der Waals surface area contributed by atoms with Gasteiger partial charge in [-0.1, -0.05) is 20.8 Å². The smallest absolute Gasteiger partial charge is 0.152 e. The summed E-state index contributed by atoms with van der Waals surface area (Å²) < 4.78 is 3.01. The molecule has 3 heterocycles. The molecule has 0 saturated heterocycles. The van der Waals surface area contributed by atoms with Crippen LogP contribution in [0.1, 0.15) is 31.3 Å². The van der Waals surface area contributed by atoms with E-state index in [1.807, 2.05) is 10.7 Å². The Hall–Kier alpha value is -1.40. The van der Waals surface area contributed by atoms with E-state index in [2.05, 4.69) is 69.6 Å². The van der Waals surface area contributed by atoms with Gasteiger partial charge in [-0.3, -0.25) is 0 Å². The average Bonchev–Trinajstić information content (AvgIpc) is 3.01. The molecule has 0 aliphatic heterocycles. The Morgan fingerprint density at radius 2 is 2.14 bits per heavy atom. The first-order chi connectivity index (χ1) is 9.93. The van der Waals surface area contributed by atoms with Gasteiger partial charge in [0.25, 0.3) is 0 Å². The van der Waals surface area contributed by atoms with Crippen LogP contribution < -0.4 is 5.32 Å². The number of fused-ring (bicyclic) bond motifs is 1. The van der Waals surface area contributed by atoms with Crippen LogP contribution in [0.15, 0.2) is 34.4 Å². The van der Waals surface area contributed by atoms with Crippen molar-refractivity contribution >= 4 is 38.6 Å². The first-order valence-corrected chi connectivity index (χ1v) is 8.42. The molecule has 1 N–H and O–H groups in total. The molecule has 0 amide bonds. The van der Waals surface area contributed by atoms with Gasteiger partial charge in [-0.25, -0.2) is 9.50 Å². The molecule has 0 fully saturated rings. The van der Waals surface area contributed by atoms with Crippen molar-refractivity contribution in [3.05, 3.63) is 45.0 Å². The predicted octanol–water partition coefficient (Wildman–Crippen LogP) is 4.46. The molecule has 0 radical (unpaired) electrons. The molecule has 0 aromatic carbocycles. The third kappa shape index (κ3) is 3.11. The summed E-state index contributed by atoms with van der Waals surface area (Å²) in [6, 6.07) is 4.23. The van der Waals surface area contributed by atoms with E-state index in [4.69, 9.17) is 0 Å². The van der Waals surface area contributed by atoms with Crippen molar-refractivity contribution in [2.45, 2.75) is 32.7 Å². The van der Waals surface area contributed by atoms with Gasteiger partial charge in [0.15, 0.2) is 5.82 Å². The van der Waals surface area contributed by atoms with Crippen LogP contribution in [0.4, 0.5) is 5.82 Å². The van der Waals surface area contributed by atoms with Gasteiger partial charge in [0, 0.05) is 32.5 Å². The molecule has 4 nitrogen and oxygen atoms in total. The van der Waals surface area contributed by atoms with Gasteiger partial charge in [0.05, 0.1) is 12.2 Å². The SMILES string of the molecule is CC(C)(C)c1cc2c(NCc3cc(Br)cs3)nccn2n1. The molecule has 3 aromatic heterocycles. The largest absolute Gasteiger partial charge is 0.363 e. The number of aromatic nitrogens is 3. The van der Waals surface area contributed by atoms with E-state index in [0.29, 0.717) is 0 Å². The molecule has 0 aliphatic rings. The minimum absolute atomic E-state index is 0.0297. The van der Waals surface area contributed by atoms with Crippen molar-refractivity contribution in [2.75, 3.05) is 5.32 Å². The highest BCUT2D eigenvalue weighted by molar-refractivity contribution is 9.10. The Labute approximate surface area is 136 Å². The molecule has 0 spiro atoms. The molecular formula is C15H17BrN4S. The Bertz CT molecular complexity index is 769. The summed E-state index contributed by atoms with van der Waals surface area (Å²) in [6.07, 6.45) is 3.66. The Balaban J connectivity index is 1.89. The van der Waals surface area contributed by atoms with E-state index < -0.39 is 0 Å². The summed E-state index contributed by atoms with van der Waals surface area (Å²) in [5.74, 6) is 0.866. The third-order valence-corrected chi connectivity index (χ3v) is 4.91.